The molecule has 92 valence electrons. The first kappa shape index (κ1) is 12.1. The highest BCUT2D eigenvalue weighted by atomic mass is 19.4. The molecule has 0 atom stereocenters. The molecule has 1 aromatic rings. The minimum Gasteiger partial charge on any atom is -0.319 e. The quantitative estimate of drug-likeness (QED) is 0.811. The van der Waals surface area contributed by atoms with Crippen LogP contribution in [0.25, 0.3) is 0 Å². The van der Waals surface area contributed by atoms with E-state index in [0.717, 1.165) is 18.6 Å². The Bertz CT molecular complexity index is 432. The summed E-state index contributed by atoms with van der Waals surface area (Å²) in [6.45, 7) is 0. The molecule has 0 aromatic heterocycles. The highest BCUT2D eigenvalue weighted by Gasteiger charge is 2.40. The van der Waals surface area contributed by atoms with Gasteiger partial charge in [-0.3, -0.25) is 4.79 Å². The van der Waals surface area contributed by atoms with E-state index in [1.807, 2.05) is 0 Å². The van der Waals surface area contributed by atoms with E-state index in [0.29, 0.717) is 12.8 Å². The monoisotopic (exact) mass is 243 g/mol. The molecule has 0 heterocycles. The van der Waals surface area contributed by atoms with Crippen LogP contribution in [0.15, 0.2) is 24.3 Å². The topological polar surface area (TPSA) is 43.1 Å². The molecule has 0 bridgehead atoms. The van der Waals surface area contributed by atoms with Crippen molar-refractivity contribution in [1.82, 2.24) is 0 Å². The minimum atomic E-state index is -4.38. The van der Waals surface area contributed by atoms with Gasteiger partial charge in [-0.15, -0.1) is 0 Å². The van der Waals surface area contributed by atoms with Crippen molar-refractivity contribution in [3.05, 3.63) is 35.4 Å². The van der Waals surface area contributed by atoms with Gasteiger partial charge in [-0.25, -0.2) is 0 Å². The van der Waals surface area contributed by atoms with Crippen LogP contribution in [0.2, 0.25) is 0 Å². The van der Waals surface area contributed by atoms with Gasteiger partial charge in [0.2, 0.25) is 0 Å². The summed E-state index contributed by atoms with van der Waals surface area (Å²) >= 11 is 0. The zero-order valence-corrected chi connectivity index (χ0v) is 9.05. The molecule has 2 N–H and O–H groups in total. The fraction of sp³-hybridized carbons (Fsp3) is 0.417. The van der Waals surface area contributed by atoms with Crippen molar-refractivity contribution in [2.75, 3.05) is 0 Å². The normalized spacial score (nSPS) is 18.6. The molecule has 0 amide bonds. The third-order valence-electron chi connectivity index (χ3n) is 3.17. The molecule has 2 nitrogen and oxygen atoms in total. The van der Waals surface area contributed by atoms with E-state index in [-0.39, 0.29) is 11.3 Å². The number of hydrogen-bond donors (Lipinski definition) is 1. The molecule has 0 spiro atoms. The number of alkyl halides is 3. The smallest absolute Gasteiger partial charge is 0.319 e. The van der Waals surface area contributed by atoms with Crippen LogP contribution in [0, 0.1) is 0 Å². The zero-order chi connectivity index (χ0) is 12.7. The molecule has 17 heavy (non-hydrogen) atoms. The Morgan fingerprint density at radius 3 is 2.06 bits per heavy atom. The SMILES string of the molecule is NC1(C(=O)c2ccc(C(F)(F)F)cc2)CCC1. The van der Waals surface area contributed by atoms with Crippen molar-refractivity contribution in [3.63, 3.8) is 0 Å². The van der Waals surface area contributed by atoms with Crippen LogP contribution in [0.4, 0.5) is 13.2 Å². The Balaban J connectivity index is 2.21. The first-order valence-corrected chi connectivity index (χ1v) is 5.34. The van der Waals surface area contributed by atoms with Crippen molar-refractivity contribution in [3.8, 4) is 0 Å². The molecule has 1 fully saturated rings. The molecule has 0 aliphatic heterocycles. The Labute approximate surface area is 96.6 Å². The maximum atomic E-state index is 12.3. The average Bonchev–Trinajstić information content (AvgIpc) is 2.24. The van der Waals surface area contributed by atoms with Gasteiger partial charge in [-0.05, 0) is 31.4 Å². The fourth-order valence-electron chi connectivity index (χ4n) is 1.88. The Kier molecular flexibility index (Phi) is 2.73. The van der Waals surface area contributed by atoms with Gasteiger partial charge in [-0.1, -0.05) is 12.1 Å². The predicted molar refractivity (Wildman–Crippen MR) is 56.5 cm³/mol. The first-order valence-electron chi connectivity index (χ1n) is 5.34. The summed E-state index contributed by atoms with van der Waals surface area (Å²) in [6, 6.07) is 4.21. The number of carbonyl (C=O) groups is 1. The second-order valence-corrected chi connectivity index (χ2v) is 4.41. The van der Waals surface area contributed by atoms with Crippen LogP contribution in [-0.4, -0.2) is 11.3 Å². The van der Waals surface area contributed by atoms with Crippen molar-refractivity contribution >= 4 is 5.78 Å². The standard InChI is InChI=1S/C12H12F3NO/c13-12(14,15)9-4-2-8(3-5-9)10(17)11(16)6-1-7-11/h2-5H,1,6-7,16H2. The van der Waals surface area contributed by atoms with Crippen LogP contribution < -0.4 is 5.73 Å². The van der Waals surface area contributed by atoms with Gasteiger partial charge in [0, 0.05) is 5.56 Å². The summed E-state index contributed by atoms with van der Waals surface area (Å²) in [6.07, 6.45) is -2.28. The molecule has 0 unspecified atom stereocenters. The van der Waals surface area contributed by atoms with Crippen molar-refractivity contribution < 1.29 is 18.0 Å². The lowest BCUT2D eigenvalue weighted by molar-refractivity contribution is -0.137. The van der Waals surface area contributed by atoms with Crippen LogP contribution in [-0.2, 0) is 6.18 Å². The van der Waals surface area contributed by atoms with E-state index in [2.05, 4.69) is 0 Å². The molecule has 0 radical (unpaired) electrons. The van der Waals surface area contributed by atoms with Crippen molar-refractivity contribution in [2.24, 2.45) is 5.73 Å². The Morgan fingerprint density at radius 1 is 1.18 bits per heavy atom. The Morgan fingerprint density at radius 2 is 1.71 bits per heavy atom. The van der Waals surface area contributed by atoms with E-state index in [1.165, 1.54) is 12.1 Å². The summed E-state index contributed by atoms with van der Waals surface area (Å²) in [5, 5.41) is 0. The van der Waals surface area contributed by atoms with Gasteiger partial charge >= 0.3 is 6.18 Å². The molecule has 1 saturated carbocycles. The molecule has 1 aliphatic carbocycles. The summed E-state index contributed by atoms with van der Waals surface area (Å²) in [7, 11) is 0. The number of hydrogen-bond acceptors (Lipinski definition) is 2. The number of benzene rings is 1. The summed E-state index contributed by atoms with van der Waals surface area (Å²) in [4.78, 5) is 11.9. The van der Waals surface area contributed by atoms with Gasteiger partial charge in [0.25, 0.3) is 0 Å². The second-order valence-electron chi connectivity index (χ2n) is 4.41. The largest absolute Gasteiger partial charge is 0.416 e. The highest BCUT2D eigenvalue weighted by Crippen LogP contribution is 2.33. The molecule has 2 rings (SSSR count). The average molecular weight is 243 g/mol. The number of carbonyl (C=O) groups excluding carboxylic acids is 1. The minimum absolute atomic E-state index is 0.250. The van der Waals surface area contributed by atoms with Gasteiger partial charge in [0.05, 0.1) is 11.1 Å². The highest BCUT2D eigenvalue weighted by molar-refractivity contribution is 6.03. The molecule has 5 heteroatoms. The molecule has 1 aromatic carbocycles. The van der Waals surface area contributed by atoms with Crippen LogP contribution in [0.3, 0.4) is 0 Å². The number of ketones is 1. The molecule has 1 aliphatic rings. The predicted octanol–water partition coefficient (Wildman–Crippen LogP) is 2.77. The van der Waals surface area contributed by atoms with E-state index in [9.17, 15) is 18.0 Å². The van der Waals surface area contributed by atoms with Gasteiger partial charge in [0.1, 0.15) is 0 Å². The number of Topliss-reactive ketones (excluding diaryl/α,β-unsaturated/α-hetero) is 1. The van der Waals surface area contributed by atoms with Crippen LogP contribution >= 0.6 is 0 Å². The number of halogens is 3. The first-order chi connectivity index (χ1) is 7.83. The molecular formula is C12H12F3NO. The van der Waals surface area contributed by atoms with Crippen molar-refractivity contribution in [1.29, 1.82) is 0 Å². The molecule has 0 saturated heterocycles. The summed E-state index contributed by atoms with van der Waals surface area (Å²) < 4.78 is 37.0. The van der Waals surface area contributed by atoms with Crippen molar-refractivity contribution in [2.45, 2.75) is 31.0 Å². The number of nitrogens with two attached hydrogens (primary N) is 1. The lowest BCUT2D eigenvalue weighted by Crippen LogP contribution is -2.53. The molecular weight excluding hydrogens is 231 g/mol. The maximum Gasteiger partial charge on any atom is 0.416 e. The van der Waals surface area contributed by atoms with Gasteiger partial charge in [-0.2, -0.15) is 13.2 Å². The third kappa shape index (κ3) is 2.20. The second kappa shape index (κ2) is 3.84. The van der Waals surface area contributed by atoms with E-state index < -0.39 is 17.3 Å². The van der Waals surface area contributed by atoms with E-state index in [1.54, 1.807) is 0 Å². The lowest BCUT2D eigenvalue weighted by Gasteiger charge is -2.36. The Hall–Kier alpha value is -1.36. The van der Waals surface area contributed by atoms with Crippen LogP contribution in [0.1, 0.15) is 35.2 Å². The lowest BCUT2D eigenvalue weighted by atomic mass is 9.73. The summed E-state index contributed by atoms with van der Waals surface area (Å²) in [5.74, 6) is -0.266. The number of rotatable bonds is 2. The summed E-state index contributed by atoms with van der Waals surface area (Å²) in [5.41, 5.74) is 4.46. The zero-order valence-electron chi connectivity index (χ0n) is 9.05. The fourth-order valence-corrected chi connectivity index (χ4v) is 1.88. The van der Waals surface area contributed by atoms with Crippen LogP contribution in [0.5, 0.6) is 0 Å². The maximum absolute atomic E-state index is 12.3. The van der Waals surface area contributed by atoms with Gasteiger partial charge < -0.3 is 5.73 Å². The van der Waals surface area contributed by atoms with Gasteiger partial charge in [0.15, 0.2) is 5.78 Å². The third-order valence-corrected chi connectivity index (χ3v) is 3.17. The van der Waals surface area contributed by atoms with E-state index in [4.69, 9.17) is 5.73 Å². The van der Waals surface area contributed by atoms with E-state index >= 15 is 0 Å².